The summed E-state index contributed by atoms with van der Waals surface area (Å²) < 4.78 is 0. The first-order valence-electron chi connectivity index (χ1n) is 8.31. The molecule has 0 aliphatic carbocycles. The number of aryl methyl sites for hydroxylation is 1. The fraction of sp³-hybridized carbons (Fsp3) is 0.579. The zero-order chi connectivity index (χ0) is 17.8. The van der Waals surface area contributed by atoms with Crippen LogP contribution in [0.1, 0.15) is 69.4 Å². The van der Waals surface area contributed by atoms with Crippen LogP contribution >= 0.6 is 0 Å². The molecule has 0 saturated heterocycles. The fourth-order valence-corrected chi connectivity index (χ4v) is 2.45. The van der Waals surface area contributed by atoms with Gasteiger partial charge in [0.05, 0.1) is 0 Å². The smallest absolute Gasteiger partial charge is 0.326 e. The molecule has 0 saturated carbocycles. The number of carboxylic acid groups (broad SMARTS) is 1. The zero-order valence-electron chi connectivity index (χ0n) is 15.1. The highest BCUT2D eigenvalue weighted by Crippen LogP contribution is 2.28. The molecule has 0 fully saturated rings. The van der Waals surface area contributed by atoms with Crippen LogP contribution in [0.3, 0.4) is 0 Å². The summed E-state index contributed by atoms with van der Waals surface area (Å²) >= 11 is 0. The van der Waals surface area contributed by atoms with Gasteiger partial charge in [-0.2, -0.15) is 0 Å². The van der Waals surface area contributed by atoms with E-state index in [1.54, 1.807) is 13.8 Å². The predicted octanol–water partition coefficient (Wildman–Crippen LogP) is 3.78. The normalized spacial score (nSPS) is 13.0. The summed E-state index contributed by atoms with van der Waals surface area (Å²) in [6.07, 6.45) is 1.69. The molecule has 4 nitrogen and oxygen atoms in total. The van der Waals surface area contributed by atoms with Gasteiger partial charge in [0.2, 0.25) is 0 Å². The van der Waals surface area contributed by atoms with Crippen molar-refractivity contribution in [1.82, 2.24) is 5.32 Å². The molecule has 0 radical (unpaired) electrons. The van der Waals surface area contributed by atoms with Crippen molar-refractivity contribution in [2.75, 3.05) is 0 Å². The van der Waals surface area contributed by atoms with Gasteiger partial charge in [0.25, 0.3) is 5.91 Å². The standard InChI is InChI=1S/C19H29NO3/c1-7-13-9-10-14(19(5,6)8-2)11-15(13)17(21)20-16(12(3)4)18(22)23/h9-12,16H,7-8H2,1-6H3,(H,20,21)(H,22,23). The summed E-state index contributed by atoms with van der Waals surface area (Å²) in [4.78, 5) is 24.0. The highest BCUT2D eigenvalue weighted by molar-refractivity contribution is 5.98. The molecular weight excluding hydrogens is 290 g/mol. The van der Waals surface area contributed by atoms with Crippen molar-refractivity contribution in [1.29, 1.82) is 0 Å². The molecule has 0 aliphatic rings. The second-order valence-corrected chi connectivity index (χ2v) is 7.00. The highest BCUT2D eigenvalue weighted by atomic mass is 16.4. The first-order chi connectivity index (χ1) is 10.6. The second kappa shape index (κ2) is 7.62. The molecule has 1 amide bonds. The molecule has 1 aromatic rings. The molecule has 0 heterocycles. The van der Waals surface area contributed by atoms with Gasteiger partial charge >= 0.3 is 5.97 Å². The van der Waals surface area contributed by atoms with E-state index in [2.05, 4.69) is 32.2 Å². The van der Waals surface area contributed by atoms with Crippen molar-refractivity contribution in [3.8, 4) is 0 Å². The third-order valence-electron chi connectivity index (χ3n) is 4.62. The van der Waals surface area contributed by atoms with Crippen molar-refractivity contribution < 1.29 is 14.7 Å². The summed E-state index contributed by atoms with van der Waals surface area (Å²) in [5.41, 5.74) is 2.59. The van der Waals surface area contributed by atoms with E-state index in [0.717, 1.165) is 24.0 Å². The number of aliphatic carboxylic acids is 1. The minimum atomic E-state index is -1.00. The van der Waals surface area contributed by atoms with Gasteiger partial charge in [0.15, 0.2) is 0 Å². The number of amides is 1. The molecule has 1 rings (SSSR count). The molecule has 0 aromatic heterocycles. The molecule has 0 spiro atoms. The fourth-order valence-electron chi connectivity index (χ4n) is 2.45. The topological polar surface area (TPSA) is 66.4 Å². The minimum Gasteiger partial charge on any atom is -0.480 e. The van der Waals surface area contributed by atoms with Crippen LogP contribution in [0, 0.1) is 5.92 Å². The summed E-state index contributed by atoms with van der Waals surface area (Å²) in [6, 6.07) is 5.08. The maximum Gasteiger partial charge on any atom is 0.326 e. The van der Waals surface area contributed by atoms with Crippen LogP contribution in [0.25, 0.3) is 0 Å². The monoisotopic (exact) mass is 319 g/mol. The van der Waals surface area contributed by atoms with E-state index in [0.29, 0.717) is 5.56 Å². The summed E-state index contributed by atoms with van der Waals surface area (Å²) in [7, 11) is 0. The Balaban J connectivity index is 3.21. The van der Waals surface area contributed by atoms with Gasteiger partial charge in [-0.05, 0) is 41.4 Å². The lowest BCUT2D eigenvalue weighted by atomic mass is 9.80. The Bertz CT molecular complexity index is 576. The van der Waals surface area contributed by atoms with Crippen LogP contribution in [0.15, 0.2) is 18.2 Å². The number of hydrogen-bond donors (Lipinski definition) is 2. The van der Waals surface area contributed by atoms with E-state index < -0.39 is 12.0 Å². The molecule has 23 heavy (non-hydrogen) atoms. The van der Waals surface area contributed by atoms with Crippen molar-refractivity contribution in [2.24, 2.45) is 5.92 Å². The summed E-state index contributed by atoms with van der Waals surface area (Å²) in [6.45, 7) is 12.0. The quantitative estimate of drug-likeness (QED) is 0.804. The van der Waals surface area contributed by atoms with Crippen LogP contribution in [0.5, 0.6) is 0 Å². The van der Waals surface area contributed by atoms with Gasteiger partial charge in [-0.3, -0.25) is 4.79 Å². The number of nitrogens with one attached hydrogen (secondary N) is 1. The number of benzene rings is 1. The lowest BCUT2D eigenvalue weighted by molar-refractivity contribution is -0.140. The SMILES string of the molecule is CCc1ccc(C(C)(C)CC)cc1C(=O)NC(C(=O)O)C(C)C. The van der Waals surface area contributed by atoms with E-state index in [1.807, 2.05) is 19.1 Å². The molecule has 1 aromatic carbocycles. The minimum absolute atomic E-state index is 0.0223. The molecule has 128 valence electrons. The van der Waals surface area contributed by atoms with Crippen LogP contribution in [0.4, 0.5) is 0 Å². The summed E-state index contributed by atoms with van der Waals surface area (Å²) in [5.74, 6) is -1.48. The van der Waals surface area contributed by atoms with Gasteiger partial charge in [0.1, 0.15) is 6.04 Å². The van der Waals surface area contributed by atoms with Crippen LogP contribution < -0.4 is 5.32 Å². The number of carboxylic acids is 1. The average Bonchev–Trinajstić information content (AvgIpc) is 2.50. The Kier molecular flexibility index (Phi) is 6.37. The van der Waals surface area contributed by atoms with Crippen LogP contribution in [-0.4, -0.2) is 23.0 Å². The van der Waals surface area contributed by atoms with Crippen molar-refractivity contribution in [3.05, 3.63) is 34.9 Å². The Labute approximate surface area is 139 Å². The van der Waals surface area contributed by atoms with Gasteiger partial charge in [-0.1, -0.05) is 53.7 Å². The van der Waals surface area contributed by atoms with E-state index in [-0.39, 0.29) is 17.2 Å². The first-order valence-corrected chi connectivity index (χ1v) is 8.31. The highest BCUT2D eigenvalue weighted by Gasteiger charge is 2.26. The third kappa shape index (κ3) is 4.57. The maximum absolute atomic E-state index is 12.6. The molecule has 0 bridgehead atoms. The Morgan fingerprint density at radius 2 is 1.83 bits per heavy atom. The third-order valence-corrected chi connectivity index (χ3v) is 4.62. The molecule has 0 aliphatic heterocycles. The maximum atomic E-state index is 12.6. The molecule has 2 N–H and O–H groups in total. The van der Waals surface area contributed by atoms with E-state index in [9.17, 15) is 14.7 Å². The number of carbonyl (C=O) groups excluding carboxylic acids is 1. The Morgan fingerprint density at radius 3 is 2.26 bits per heavy atom. The first kappa shape index (κ1) is 19.2. The number of carbonyl (C=O) groups is 2. The largest absolute Gasteiger partial charge is 0.480 e. The molecule has 4 heteroatoms. The van der Waals surface area contributed by atoms with Crippen molar-refractivity contribution in [3.63, 3.8) is 0 Å². The Morgan fingerprint density at radius 1 is 1.22 bits per heavy atom. The predicted molar refractivity (Wildman–Crippen MR) is 92.9 cm³/mol. The summed E-state index contributed by atoms with van der Waals surface area (Å²) in [5, 5.41) is 11.9. The van der Waals surface area contributed by atoms with E-state index in [4.69, 9.17) is 0 Å². The van der Waals surface area contributed by atoms with Gasteiger partial charge in [0, 0.05) is 5.56 Å². The second-order valence-electron chi connectivity index (χ2n) is 7.00. The molecule has 1 atom stereocenters. The lowest BCUT2D eigenvalue weighted by Gasteiger charge is -2.25. The lowest BCUT2D eigenvalue weighted by Crippen LogP contribution is -2.44. The van der Waals surface area contributed by atoms with Crippen molar-refractivity contribution in [2.45, 2.75) is 65.8 Å². The van der Waals surface area contributed by atoms with Crippen LogP contribution in [0.2, 0.25) is 0 Å². The zero-order valence-corrected chi connectivity index (χ0v) is 15.1. The molecular formula is C19H29NO3. The molecule has 1 unspecified atom stereocenters. The van der Waals surface area contributed by atoms with Crippen molar-refractivity contribution >= 4 is 11.9 Å². The van der Waals surface area contributed by atoms with E-state index in [1.165, 1.54) is 0 Å². The van der Waals surface area contributed by atoms with Gasteiger partial charge < -0.3 is 10.4 Å². The van der Waals surface area contributed by atoms with E-state index >= 15 is 0 Å². The Hall–Kier alpha value is -1.84. The van der Waals surface area contributed by atoms with Gasteiger partial charge in [-0.25, -0.2) is 4.79 Å². The number of rotatable bonds is 7. The number of hydrogen-bond acceptors (Lipinski definition) is 2. The van der Waals surface area contributed by atoms with Crippen LogP contribution in [-0.2, 0) is 16.6 Å². The van der Waals surface area contributed by atoms with Gasteiger partial charge in [-0.15, -0.1) is 0 Å². The average molecular weight is 319 g/mol.